The van der Waals surface area contributed by atoms with E-state index >= 15 is 0 Å². The largest absolute Gasteiger partial charge is 0.357 e. The van der Waals surface area contributed by atoms with Crippen LogP contribution in [0.25, 0.3) is 0 Å². The molecule has 0 aromatic heterocycles. The van der Waals surface area contributed by atoms with Gasteiger partial charge in [-0.2, -0.15) is 0 Å². The molecule has 1 atom stereocenters. The van der Waals surface area contributed by atoms with Crippen LogP contribution in [0.5, 0.6) is 0 Å². The lowest BCUT2D eigenvalue weighted by Crippen LogP contribution is -2.49. The maximum atomic E-state index is 12.4. The van der Waals surface area contributed by atoms with Crippen molar-refractivity contribution in [3.8, 4) is 0 Å². The second kappa shape index (κ2) is 12.2. The van der Waals surface area contributed by atoms with Gasteiger partial charge in [-0.05, 0) is 52.1 Å². The molecular formula is C17H34F2IN5. The van der Waals surface area contributed by atoms with Crippen molar-refractivity contribution in [2.24, 2.45) is 10.9 Å². The van der Waals surface area contributed by atoms with Crippen LogP contribution in [0.3, 0.4) is 0 Å². The van der Waals surface area contributed by atoms with Crippen molar-refractivity contribution < 1.29 is 8.78 Å². The van der Waals surface area contributed by atoms with Crippen LogP contribution >= 0.6 is 24.0 Å². The van der Waals surface area contributed by atoms with E-state index in [9.17, 15) is 8.78 Å². The van der Waals surface area contributed by atoms with Gasteiger partial charge in [-0.15, -0.1) is 24.0 Å². The van der Waals surface area contributed by atoms with Gasteiger partial charge >= 0.3 is 0 Å². The van der Waals surface area contributed by atoms with E-state index in [4.69, 9.17) is 4.99 Å². The molecule has 0 radical (unpaired) electrons. The molecule has 2 saturated heterocycles. The Kier molecular flexibility index (Phi) is 11.2. The first-order valence-electron chi connectivity index (χ1n) is 9.30. The zero-order valence-electron chi connectivity index (χ0n) is 15.5. The summed E-state index contributed by atoms with van der Waals surface area (Å²) in [4.78, 5) is 9.00. The molecule has 0 aliphatic carbocycles. The Labute approximate surface area is 168 Å². The molecule has 0 spiro atoms. The second-order valence-corrected chi connectivity index (χ2v) is 7.10. The normalized spacial score (nSPS) is 24.2. The summed E-state index contributed by atoms with van der Waals surface area (Å²) in [5.74, 6) is 1.50. The van der Waals surface area contributed by atoms with Crippen molar-refractivity contribution in [2.75, 3.05) is 52.9 Å². The number of nitrogens with zero attached hydrogens (tertiary/aromatic N) is 3. The Balaban J connectivity index is 0.00000312. The fourth-order valence-electron chi connectivity index (χ4n) is 3.61. The van der Waals surface area contributed by atoms with Gasteiger partial charge in [0.05, 0.1) is 6.54 Å². The Hall–Kier alpha value is -0.220. The van der Waals surface area contributed by atoms with Crippen molar-refractivity contribution >= 4 is 29.9 Å². The average Bonchev–Trinajstić information content (AvgIpc) is 2.54. The predicted molar refractivity (Wildman–Crippen MR) is 110 cm³/mol. The number of rotatable bonds is 6. The molecule has 0 saturated carbocycles. The first kappa shape index (κ1) is 22.8. The van der Waals surface area contributed by atoms with Gasteiger partial charge < -0.3 is 15.5 Å². The molecule has 148 valence electrons. The van der Waals surface area contributed by atoms with E-state index in [-0.39, 0.29) is 30.5 Å². The summed E-state index contributed by atoms with van der Waals surface area (Å²) in [5.41, 5.74) is 0. The molecule has 1 unspecified atom stereocenters. The van der Waals surface area contributed by atoms with Crippen molar-refractivity contribution in [1.29, 1.82) is 0 Å². The number of guanidine groups is 1. The van der Waals surface area contributed by atoms with Crippen LogP contribution in [0.1, 0.15) is 32.6 Å². The molecule has 25 heavy (non-hydrogen) atoms. The number of halogens is 3. The molecular weight excluding hydrogens is 439 g/mol. The zero-order chi connectivity index (χ0) is 17.4. The Morgan fingerprint density at radius 2 is 1.92 bits per heavy atom. The zero-order valence-corrected chi connectivity index (χ0v) is 17.8. The van der Waals surface area contributed by atoms with Gasteiger partial charge in [0, 0.05) is 38.8 Å². The SMILES string of the molecule is CCNC(=NCC1CCCN(C)C1)NC1CCN(CC(F)F)CC1.I. The minimum atomic E-state index is -2.23. The van der Waals surface area contributed by atoms with Crippen molar-refractivity contribution in [1.82, 2.24) is 20.4 Å². The van der Waals surface area contributed by atoms with Crippen molar-refractivity contribution in [3.05, 3.63) is 0 Å². The molecule has 2 heterocycles. The minimum absolute atomic E-state index is 0. The Bertz CT molecular complexity index is 389. The lowest BCUT2D eigenvalue weighted by atomic mass is 9.99. The fraction of sp³-hybridized carbons (Fsp3) is 0.941. The van der Waals surface area contributed by atoms with Crippen LogP contribution in [-0.2, 0) is 0 Å². The molecule has 2 N–H and O–H groups in total. The number of piperidine rings is 2. The number of hydrogen-bond acceptors (Lipinski definition) is 3. The molecule has 8 heteroatoms. The summed E-state index contributed by atoms with van der Waals surface area (Å²) < 4.78 is 24.9. The molecule has 2 fully saturated rings. The van der Waals surface area contributed by atoms with E-state index in [2.05, 4.69) is 29.5 Å². The van der Waals surface area contributed by atoms with Gasteiger partial charge in [0.2, 0.25) is 0 Å². The molecule has 0 amide bonds. The third-order valence-electron chi connectivity index (χ3n) is 4.90. The molecule has 2 rings (SSSR count). The quantitative estimate of drug-likeness (QED) is 0.353. The lowest BCUT2D eigenvalue weighted by Gasteiger charge is -2.33. The van der Waals surface area contributed by atoms with E-state index < -0.39 is 6.43 Å². The van der Waals surface area contributed by atoms with E-state index in [1.165, 1.54) is 19.4 Å². The number of alkyl halides is 2. The molecule has 0 aromatic rings. The van der Waals surface area contributed by atoms with Crippen LogP contribution in [0.4, 0.5) is 8.78 Å². The molecule has 0 aromatic carbocycles. The predicted octanol–water partition coefficient (Wildman–Crippen LogP) is 2.23. The first-order chi connectivity index (χ1) is 11.6. The summed E-state index contributed by atoms with van der Waals surface area (Å²) in [6.45, 7) is 7.42. The van der Waals surface area contributed by atoms with E-state index in [0.29, 0.717) is 12.0 Å². The maximum absolute atomic E-state index is 12.4. The number of likely N-dealkylation sites (tertiary alicyclic amines) is 2. The topological polar surface area (TPSA) is 42.9 Å². The fourth-order valence-corrected chi connectivity index (χ4v) is 3.61. The van der Waals surface area contributed by atoms with Crippen LogP contribution < -0.4 is 10.6 Å². The highest BCUT2D eigenvalue weighted by Gasteiger charge is 2.22. The van der Waals surface area contributed by atoms with Crippen molar-refractivity contribution in [2.45, 2.75) is 45.1 Å². The molecule has 0 bridgehead atoms. The third-order valence-corrected chi connectivity index (χ3v) is 4.90. The van der Waals surface area contributed by atoms with Crippen LogP contribution in [0.15, 0.2) is 4.99 Å². The highest BCUT2D eigenvalue weighted by atomic mass is 127. The second-order valence-electron chi connectivity index (χ2n) is 7.10. The summed E-state index contributed by atoms with van der Waals surface area (Å²) in [5, 5.41) is 6.81. The summed E-state index contributed by atoms with van der Waals surface area (Å²) in [7, 11) is 2.17. The van der Waals surface area contributed by atoms with Gasteiger partial charge in [0.15, 0.2) is 5.96 Å². The standard InChI is InChI=1S/C17H33F2N5.HI/c1-3-20-17(21-11-14-5-4-8-23(2)12-14)22-15-6-9-24(10-7-15)13-16(18)19;/h14-16H,3-13H2,1-2H3,(H2,20,21,22);1H. The molecule has 2 aliphatic heterocycles. The lowest BCUT2D eigenvalue weighted by molar-refractivity contribution is 0.0744. The van der Waals surface area contributed by atoms with E-state index in [1.807, 2.05) is 4.90 Å². The van der Waals surface area contributed by atoms with Gasteiger partial charge in [-0.3, -0.25) is 9.89 Å². The highest BCUT2D eigenvalue weighted by molar-refractivity contribution is 14.0. The van der Waals surface area contributed by atoms with Crippen molar-refractivity contribution in [3.63, 3.8) is 0 Å². The van der Waals surface area contributed by atoms with Crippen LogP contribution in [-0.4, -0.2) is 81.1 Å². The monoisotopic (exact) mass is 473 g/mol. The highest BCUT2D eigenvalue weighted by Crippen LogP contribution is 2.15. The summed E-state index contributed by atoms with van der Waals surface area (Å²) in [6.07, 6.45) is 2.05. The summed E-state index contributed by atoms with van der Waals surface area (Å²) in [6, 6.07) is 0.325. The van der Waals surface area contributed by atoms with Gasteiger partial charge in [-0.25, -0.2) is 8.78 Å². The Morgan fingerprint density at radius 3 is 2.52 bits per heavy atom. The molecule has 5 nitrogen and oxygen atoms in total. The van der Waals surface area contributed by atoms with Gasteiger partial charge in [0.25, 0.3) is 6.43 Å². The number of aliphatic imine (C=N–C) groups is 1. The molecule has 2 aliphatic rings. The van der Waals surface area contributed by atoms with E-state index in [0.717, 1.165) is 51.5 Å². The van der Waals surface area contributed by atoms with E-state index in [1.54, 1.807) is 0 Å². The minimum Gasteiger partial charge on any atom is -0.357 e. The van der Waals surface area contributed by atoms with Crippen LogP contribution in [0.2, 0.25) is 0 Å². The smallest absolute Gasteiger partial charge is 0.251 e. The third kappa shape index (κ3) is 8.81. The maximum Gasteiger partial charge on any atom is 0.251 e. The Morgan fingerprint density at radius 1 is 1.20 bits per heavy atom. The number of nitrogens with one attached hydrogen (secondary N) is 2. The number of hydrogen-bond donors (Lipinski definition) is 2. The van der Waals surface area contributed by atoms with Gasteiger partial charge in [0.1, 0.15) is 0 Å². The first-order valence-corrected chi connectivity index (χ1v) is 9.30. The average molecular weight is 473 g/mol. The van der Waals surface area contributed by atoms with Crippen LogP contribution in [0, 0.1) is 5.92 Å². The summed E-state index contributed by atoms with van der Waals surface area (Å²) >= 11 is 0. The van der Waals surface area contributed by atoms with Gasteiger partial charge in [-0.1, -0.05) is 0 Å².